The Kier molecular flexibility index (Phi) is 4.26. The van der Waals surface area contributed by atoms with E-state index in [1.54, 1.807) is 19.0 Å². The second-order valence-corrected chi connectivity index (χ2v) is 7.58. The van der Waals surface area contributed by atoms with Gasteiger partial charge in [0, 0.05) is 20.2 Å². The zero-order valence-electron chi connectivity index (χ0n) is 15.2. The monoisotopic (exact) mass is 352 g/mol. The van der Waals surface area contributed by atoms with E-state index < -0.39 is 0 Å². The predicted octanol–water partition coefficient (Wildman–Crippen LogP) is 2.59. The van der Waals surface area contributed by atoms with E-state index in [2.05, 4.69) is 39.6 Å². The van der Waals surface area contributed by atoms with Gasteiger partial charge in [0.1, 0.15) is 5.69 Å². The van der Waals surface area contributed by atoms with E-state index in [4.69, 9.17) is 0 Å². The molecule has 2 aliphatic rings. The quantitative estimate of drug-likeness (QED) is 0.838. The molecule has 2 N–H and O–H groups in total. The molecule has 0 unspecified atom stereocenters. The van der Waals surface area contributed by atoms with E-state index in [0.717, 1.165) is 24.3 Å². The van der Waals surface area contributed by atoms with Gasteiger partial charge in [-0.05, 0) is 48.6 Å². The van der Waals surface area contributed by atoms with Gasteiger partial charge >= 0.3 is 0 Å². The van der Waals surface area contributed by atoms with Gasteiger partial charge in [-0.15, -0.1) is 0 Å². The Bertz CT molecular complexity index is 864. The first-order valence-corrected chi connectivity index (χ1v) is 9.20. The average molecular weight is 352 g/mol. The van der Waals surface area contributed by atoms with Gasteiger partial charge in [-0.2, -0.15) is 0 Å². The Hall–Kier alpha value is -2.63. The fourth-order valence-corrected chi connectivity index (χ4v) is 3.28. The van der Waals surface area contributed by atoms with Crippen LogP contribution in [0.25, 0.3) is 0 Å². The van der Waals surface area contributed by atoms with Gasteiger partial charge in [0.2, 0.25) is 5.95 Å². The molecule has 1 atom stereocenters. The number of aromatic nitrogens is 2. The van der Waals surface area contributed by atoms with Crippen LogP contribution in [0.2, 0.25) is 0 Å². The number of aromatic amines is 1. The lowest BCUT2D eigenvalue weighted by atomic mass is 9.99. The van der Waals surface area contributed by atoms with Crippen molar-refractivity contribution in [1.29, 1.82) is 0 Å². The molecule has 4 rings (SSSR count). The third-order valence-corrected chi connectivity index (χ3v) is 5.11. The normalized spacial score (nSPS) is 17.6. The number of amides is 1. The first-order valence-electron chi connectivity index (χ1n) is 9.20. The molecule has 0 aliphatic heterocycles. The van der Waals surface area contributed by atoms with Crippen LogP contribution in [0.5, 0.6) is 0 Å². The third kappa shape index (κ3) is 3.64. The number of carbonyl (C=O) groups is 1. The average Bonchev–Trinajstić information content (AvgIpc) is 3.52. The van der Waals surface area contributed by atoms with Crippen molar-refractivity contribution in [2.75, 3.05) is 19.0 Å². The van der Waals surface area contributed by atoms with E-state index in [1.807, 2.05) is 0 Å². The SMILES string of the molecule is CN(C)c1nc(C(=O)N[C@@H](c2ccc(C3CC3)cc2)C2CC2)cc(=O)[nH]1. The van der Waals surface area contributed by atoms with Gasteiger partial charge in [-0.1, -0.05) is 24.3 Å². The first-order chi connectivity index (χ1) is 12.5. The minimum absolute atomic E-state index is 0.0281. The fraction of sp³-hybridized carbons (Fsp3) is 0.450. The highest BCUT2D eigenvalue weighted by atomic mass is 16.2. The lowest BCUT2D eigenvalue weighted by Gasteiger charge is -2.19. The molecular formula is C20H24N4O2. The fourth-order valence-electron chi connectivity index (χ4n) is 3.28. The van der Waals surface area contributed by atoms with Crippen molar-refractivity contribution in [3.63, 3.8) is 0 Å². The lowest BCUT2D eigenvalue weighted by molar-refractivity contribution is 0.0926. The van der Waals surface area contributed by atoms with Crippen LogP contribution < -0.4 is 15.8 Å². The number of benzene rings is 1. The highest BCUT2D eigenvalue weighted by Crippen LogP contribution is 2.43. The largest absolute Gasteiger partial charge is 0.348 e. The van der Waals surface area contributed by atoms with E-state index in [9.17, 15) is 9.59 Å². The molecule has 2 aromatic rings. The number of H-pyrrole nitrogens is 1. The molecule has 2 fully saturated rings. The van der Waals surface area contributed by atoms with Gasteiger partial charge in [-0.25, -0.2) is 4.98 Å². The van der Waals surface area contributed by atoms with E-state index in [0.29, 0.717) is 11.9 Å². The lowest BCUT2D eigenvalue weighted by Crippen LogP contribution is -2.32. The Balaban J connectivity index is 1.55. The molecule has 2 saturated carbocycles. The van der Waals surface area contributed by atoms with Crippen LogP contribution in [0, 0.1) is 5.92 Å². The van der Waals surface area contributed by atoms with Gasteiger partial charge in [0.05, 0.1) is 6.04 Å². The summed E-state index contributed by atoms with van der Waals surface area (Å²) in [4.78, 5) is 33.1. The van der Waals surface area contributed by atoms with Gasteiger partial charge in [0.25, 0.3) is 11.5 Å². The Morgan fingerprint density at radius 3 is 2.46 bits per heavy atom. The van der Waals surface area contributed by atoms with E-state index >= 15 is 0 Å². The molecule has 0 radical (unpaired) electrons. The third-order valence-electron chi connectivity index (χ3n) is 5.11. The Morgan fingerprint density at radius 2 is 1.88 bits per heavy atom. The molecule has 1 heterocycles. The minimum atomic E-state index is -0.328. The topological polar surface area (TPSA) is 78.1 Å². The molecule has 6 nitrogen and oxygen atoms in total. The predicted molar refractivity (Wildman–Crippen MR) is 101 cm³/mol. The molecule has 1 aromatic heterocycles. The van der Waals surface area contributed by atoms with Crippen LogP contribution in [0.1, 0.15) is 59.3 Å². The number of nitrogens with zero attached hydrogens (tertiary/aromatic N) is 2. The Morgan fingerprint density at radius 1 is 1.19 bits per heavy atom. The van der Waals surface area contributed by atoms with Crippen LogP contribution in [0.15, 0.2) is 35.1 Å². The summed E-state index contributed by atoms with van der Waals surface area (Å²) in [5.74, 6) is 1.26. The van der Waals surface area contributed by atoms with Crippen LogP contribution in [-0.4, -0.2) is 30.0 Å². The Labute approximate surface area is 152 Å². The summed E-state index contributed by atoms with van der Waals surface area (Å²) in [6, 6.07) is 9.86. The molecule has 0 bridgehead atoms. The molecular weight excluding hydrogens is 328 g/mol. The number of nitrogens with one attached hydrogen (secondary N) is 2. The van der Waals surface area contributed by atoms with Crippen LogP contribution >= 0.6 is 0 Å². The number of carbonyl (C=O) groups excluding carboxylic acids is 1. The molecule has 0 spiro atoms. The van der Waals surface area contributed by atoms with Crippen LogP contribution in [-0.2, 0) is 0 Å². The maximum atomic E-state index is 12.7. The molecule has 0 saturated heterocycles. The van der Waals surface area contributed by atoms with Gasteiger partial charge in [-0.3, -0.25) is 14.6 Å². The van der Waals surface area contributed by atoms with Crippen LogP contribution in [0.3, 0.4) is 0 Å². The van der Waals surface area contributed by atoms with Crippen molar-refractivity contribution in [2.45, 2.75) is 37.6 Å². The summed E-state index contributed by atoms with van der Waals surface area (Å²) in [6.07, 6.45) is 4.79. The van der Waals surface area contributed by atoms with E-state index in [-0.39, 0.29) is 23.2 Å². The smallest absolute Gasteiger partial charge is 0.270 e. The maximum Gasteiger partial charge on any atom is 0.270 e. The first kappa shape index (κ1) is 16.8. The highest BCUT2D eigenvalue weighted by Gasteiger charge is 2.34. The second kappa shape index (κ2) is 6.59. The van der Waals surface area contributed by atoms with Crippen molar-refractivity contribution < 1.29 is 4.79 Å². The van der Waals surface area contributed by atoms with Crippen molar-refractivity contribution in [3.8, 4) is 0 Å². The summed E-state index contributed by atoms with van der Waals surface area (Å²) >= 11 is 0. The summed E-state index contributed by atoms with van der Waals surface area (Å²) in [6.45, 7) is 0. The van der Waals surface area contributed by atoms with Gasteiger partial charge < -0.3 is 10.2 Å². The zero-order valence-corrected chi connectivity index (χ0v) is 15.2. The molecule has 1 aromatic carbocycles. The van der Waals surface area contributed by atoms with Crippen molar-refractivity contribution >= 4 is 11.9 Å². The number of hydrogen-bond donors (Lipinski definition) is 2. The number of rotatable bonds is 6. The summed E-state index contributed by atoms with van der Waals surface area (Å²) in [5, 5.41) is 3.10. The van der Waals surface area contributed by atoms with Crippen molar-refractivity contribution in [2.24, 2.45) is 5.92 Å². The second-order valence-electron chi connectivity index (χ2n) is 7.58. The standard InChI is InChI=1S/C20H24N4O2/c1-24(2)20-21-16(11-17(25)22-20)19(26)23-18(15-9-10-15)14-7-5-13(6-8-14)12-3-4-12/h5-8,11-12,15,18H,3-4,9-10H2,1-2H3,(H,23,26)(H,21,22,25)/t18-/m0/s1. The summed E-state index contributed by atoms with van der Waals surface area (Å²) < 4.78 is 0. The van der Waals surface area contributed by atoms with Gasteiger partial charge in [0.15, 0.2) is 0 Å². The molecule has 136 valence electrons. The zero-order chi connectivity index (χ0) is 18.3. The number of hydrogen-bond acceptors (Lipinski definition) is 4. The maximum absolute atomic E-state index is 12.7. The molecule has 6 heteroatoms. The minimum Gasteiger partial charge on any atom is -0.348 e. The van der Waals surface area contributed by atoms with Crippen molar-refractivity contribution in [1.82, 2.24) is 15.3 Å². The molecule has 1 amide bonds. The van der Waals surface area contributed by atoms with Crippen molar-refractivity contribution in [3.05, 3.63) is 57.5 Å². The highest BCUT2D eigenvalue weighted by molar-refractivity contribution is 5.92. The number of anilines is 1. The van der Waals surface area contributed by atoms with E-state index in [1.165, 1.54) is 24.5 Å². The summed E-state index contributed by atoms with van der Waals surface area (Å²) in [5.41, 5.74) is 2.34. The van der Waals surface area contributed by atoms with Crippen LogP contribution in [0.4, 0.5) is 5.95 Å². The summed E-state index contributed by atoms with van der Waals surface area (Å²) in [7, 11) is 3.54. The molecule has 2 aliphatic carbocycles. The molecule has 26 heavy (non-hydrogen) atoms.